The summed E-state index contributed by atoms with van der Waals surface area (Å²) in [6.07, 6.45) is 1.18. The van der Waals surface area contributed by atoms with Gasteiger partial charge in [-0.05, 0) is 48.5 Å². The van der Waals surface area contributed by atoms with Gasteiger partial charge >= 0.3 is 6.03 Å². The molecule has 4 aromatic rings. The normalized spacial score (nSPS) is 11.5. The Balaban J connectivity index is 1.56. The van der Waals surface area contributed by atoms with Crippen LogP contribution in [0.3, 0.4) is 0 Å². The SMILES string of the molecule is COOSc1ccc2ncn(-c3ccc(NC(=O)NS(=O)(=O)c4ccc(Cl)s4)cc3F)c(=O)c2c1. The number of thiophene rings is 1. The van der Waals surface area contributed by atoms with Crippen LogP contribution < -0.4 is 15.6 Å². The molecule has 2 aromatic carbocycles. The van der Waals surface area contributed by atoms with E-state index in [4.69, 9.17) is 15.9 Å². The average molecular weight is 557 g/mol. The highest BCUT2D eigenvalue weighted by Gasteiger charge is 2.20. The maximum Gasteiger partial charge on any atom is 0.333 e. The van der Waals surface area contributed by atoms with Crippen LogP contribution in [0.4, 0.5) is 14.9 Å². The number of hydrogen-bond donors (Lipinski definition) is 2. The molecule has 2 aromatic heterocycles. The van der Waals surface area contributed by atoms with Crippen molar-refractivity contribution in [1.29, 1.82) is 0 Å². The van der Waals surface area contributed by atoms with Gasteiger partial charge in [-0.1, -0.05) is 11.6 Å². The van der Waals surface area contributed by atoms with Gasteiger partial charge < -0.3 is 5.32 Å². The first-order valence-corrected chi connectivity index (χ1v) is 12.9. The molecule has 4 rings (SSSR count). The number of aromatic nitrogens is 2. The van der Waals surface area contributed by atoms with E-state index in [0.29, 0.717) is 10.4 Å². The fourth-order valence-corrected chi connectivity index (χ4v) is 5.78. The predicted molar refractivity (Wildman–Crippen MR) is 130 cm³/mol. The van der Waals surface area contributed by atoms with Crippen molar-refractivity contribution in [2.45, 2.75) is 9.10 Å². The first-order chi connectivity index (χ1) is 16.7. The summed E-state index contributed by atoms with van der Waals surface area (Å²) in [7, 11) is -2.81. The van der Waals surface area contributed by atoms with E-state index in [0.717, 1.165) is 34.0 Å². The van der Waals surface area contributed by atoms with Crippen LogP contribution in [0.25, 0.3) is 16.6 Å². The summed E-state index contributed by atoms with van der Waals surface area (Å²) in [6, 6.07) is 9.85. The van der Waals surface area contributed by atoms with Gasteiger partial charge in [0.15, 0.2) is 0 Å². The van der Waals surface area contributed by atoms with Gasteiger partial charge in [0.1, 0.15) is 16.4 Å². The average Bonchev–Trinajstić information content (AvgIpc) is 3.26. The Morgan fingerprint density at radius 2 is 2.00 bits per heavy atom. The molecule has 0 aliphatic carbocycles. The van der Waals surface area contributed by atoms with Crippen molar-refractivity contribution in [2.24, 2.45) is 0 Å². The minimum atomic E-state index is -4.15. The highest BCUT2D eigenvalue weighted by molar-refractivity contribution is 7.94. The number of carbonyl (C=O) groups excluding carboxylic acids is 1. The van der Waals surface area contributed by atoms with Crippen molar-refractivity contribution in [3.8, 4) is 5.69 Å². The van der Waals surface area contributed by atoms with E-state index in [1.807, 2.05) is 4.72 Å². The molecule has 35 heavy (non-hydrogen) atoms. The Morgan fingerprint density at radius 1 is 1.20 bits per heavy atom. The fraction of sp³-hybridized carbons (Fsp3) is 0.0500. The van der Waals surface area contributed by atoms with E-state index < -0.39 is 27.4 Å². The maximum absolute atomic E-state index is 14.9. The number of nitrogens with zero attached hydrogens (tertiary/aromatic N) is 2. The molecule has 182 valence electrons. The van der Waals surface area contributed by atoms with Crippen LogP contribution in [0.2, 0.25) is 4.34 Å². The van der Waals surface area contributed by atoms with Crippen molar-refractivity contribution in [1.82, 2.24) is 14.3 Å². The third-order valence-electron chi connectivity index (χ3n) is 4.43. The molecule has 0 fully saturated rings. The van der Waals surface area contributed by atoms with Gasteiger partial charge in [0.2, 0.25) is 0 Å². The Hall–Kier alpha value is -3.01. The predicted octanol–water partition coefficient (Wildman–Crippen LogP) is 4.34. The van der Waals surface area contributed by atoms with E-state index >= 15 is 0 Å². The highest BCUT2D eigenvalue weighted by atomic mass is 35.5. The number of rotatable bonds is 7. The van der Waals surface area contributed by atoms with Crippen molar-refractivity contribution in [3.63, 3.8) is 0 Å². The minimum Gasteiger partial charge on any atom is -0.307 e. The summed E-state index contributed by atoms with van der Waals surface area (Å²) in [5.74, 6) is -0.854. The number of halogens is 2. The van der Waals surface area contributed by atoms with Crippen LogP contribution >= 0.6 is 35.0 Å². The molecule has 10 nitrogen and oxygen atoms in total. The number of anilines is 1. The van der Waals surface area contributed by atoms with Gasteiger partial charge in [0.25, 0.3) is 15.6 Å². The zero-order chi connectivity index (χ0) is 25.2. The smallest absolute Gasteiger partial charge is 0.307 e. The summed E-state index contributed by atoms with van der Waals surface area (Å²) >= 11 is 7.40. The van der Waals surface area contributed by atoms with E-state index in [1.165, 1.54) is 43.8 Å². The molecular formula is C20H14ClFN4O6S3. The molecule has 0 saturated heterocycles. The van der Waals surface area contributed by atoms with Crippen LogP contribution in [-0.4, -0.2) is 31.1 Å². The largest absolute Gasteiger partial charge is 0.333 e. The minimum absolute atomic E-state index is 0.0413. The lowest BCUT2D eigenvalue weighted by atomic mass is 10.2. The highest BCUT2D eigenvalue weighted by Crippen LogP contribution is 2.26. The summed E-state index contributed by atoms with van der Waals surface area (Å²) in [5, 5.41) is 2.46. The number of hydrogen-bond acceptors (Lipinski definition) is 9. The zero-order valence-corrected chi connectivity index (χ0v) is 20.7. The molecule has 0 aliphatic rings. The second kappa shape index (κ2) is 10.3. The molecular weight excluding hydrogens is 543 g/mol. The van der Waals surface area contributed by atoms with Crippen LogP contribution in [0.5, 0.6) is 0 Å². The van der Waals surface area contributed by atoms with Gasteiger partial charge in [0.05, 0.1) is 40.1 Å². The van der Waals surface area contributed by atoms with Crippen molar-refractivity contribution in [2.75, 3.05) is 12.4 Å². The van der Waals surface area contributed by atoms with E-state index in [9.17, 15) is 22.4 Å². The van der Waals surface area contributed by atoms with E-state index in [1.54, 1.807) is 12.1 Å². The Kier molecular flexibility index (Phi) is 7.39. The van der Waals surface area contributed by atoms with Crippen molar-refractivity contribution < 1.29 is 26.8 Å². The molecule has 0 atom stereocenters. The monoisotopic (exact) mass is 556 g/mol. The molecule has 0 spiro atoms. The van der Waals surface area contributed by atoms with Crippen LogP contribution in [0.1, 0.15) is 0 Å². The quantitative estimate of drug-likeness (QED) is 0.195. The van der Waals surface area contributed by atoms with Gasteiger partial charge in [0, 0.05) is 10.6 Å². The van der Waals surface area contributed by atoms with Crippen molar-refractivity contribution in [3.05, 3.63) is 75.4 Å². The van der Waals surface area contributed by atoms with E-state index in [2.05, 4.69) is 15.2 Å². The molecule has 0 saturated carbocycles. The number of urea groups is 1. The molecule has 15 heteroatoms. The van der Waals surface area contributed by atoms with Gasteiger partial charge in [-0.25, -0.2) is 32.2 Å². The number of sulfonamides is 1. The Bertz CT molecular complexity index is 1590. The topological polar surface area (TPSA) is 129 Å². The first-order valence-electron chi connectivity index (χ1n) is 9.46. The number of amides is 2. The second-order valence-corrected chi connectivity index (χ2v) is 11.1. The Labute approximate surface area is 210 Å². The summed E-state index contributed by atoms with van der Waals surface area (Å²) in [4.78, 5) is 34.4. The van der Waals surface area contributed by atoms with Crippen LogP contribution in [-0.2, 0) is 19.2 Å². The molecule has 0 radical (unpaired) electrons. The first kappa shape index (κ1) is 25.1. The third kappa shape index (κ3) is 5.63. The van der Waals surface area contributed by atoms with Crippen LogP contribution in [0.15, 0.2) is 68.8 Å². The van der Waals surface area contributed by atoms with Gasteiger partial charge in [-0.3, -0.25) is 9.36 Å². The zero-order valence-electron chi connectivity index (χ0n) is 17.5. The van der Waals surface area contributed by atoms with Crippen LogP contribution in [0, 0.1) is 5.82 Å². The number of carbonyl (C=O) groups is 1. The third-order valence-corrected chi connectivity index (χ3v) is 8.14. The Morgan fingerprint density at radius 3 is 2.69 bits per heavy atom. The van der Waals surface area contributed by atoms with E-state index in [-0.39, 0.29) is 25.3 Å². The maximum atomic E-state index is 14.9. The molecule has 0 bridgehead atoms. The lowest BCUT2D eigenvalue weighted by molar-refractivity contribution is -0.160. The second-order valence-electron chi connectivity index (χ2n) is 6.70. The standard InChI is InChI=1S/C20H14ClFN4O6S3/c1-31-32-34-12-3-4-15-13(9-12)19(27)26(10-23-15)16-5-2-11(8-14(16)22)24-20(28)25-35(29,30)18-7-6-17(21)33-18/h2-10H,1H3,(H2,24,25,28). The summed E-state index contributed by atoms with van der Waals surface area (Å²) in [5.41, 5.74) is -0.299. The van der Waals surface area contributed by atoms with Gasteiger partial charge in [-0.15, -0.1) is 11.3 Å². The lowest BCUT2D eigenvalue weighted by Crippen LogP contribution is -2.34. The lowest BCUT2D eigenvalue weighted by Gasteiger charge is -2.11. The molecule has 2 N–H and O–H groups in total. The molecule has 2 heterocycles. The fourth-order valence-electron chi connectivity index (χ4n) is 2.95. The van der Waals surface area contributed by atoms with Crippen molar-refractivity contribution >= 4 is 67.6 Å². The number of nitrogens with one attached hydrogen (secondary N) is 2. The molecule has 0 unspecified atom stereocenters. The summed E-state index contributed by atoms with van der Waals surface area (Å²) < 4.78 is 47.0. The number of fused-ring (bicyclic) bond motifs is 1. The molecule has 2 amide bonds. The molecule has 0 aliphatic heterocycles. The summed E-state index contributed by atoms with van der Waals surface area (Å²) in [6.45, 7) is 0. The van der Waals surface area contributed by atoms with Gasteiger partial charge in [-0.2, -0.15) is 4.33 Å². The number of benzene rings is 2.